The van der Waals surface area contributed by atoms with Gasteiger partial charge in [0.15, 0.2) is 0 Å². The van der Waals surface area contributed by atoms with Crippen LogP contribution in [0.15, 0.2) is 24.3 Å². The van der Waals surface area contributed by atoms with Crippen LogP contribution in [0.25, 0.3) is 0 Å². The van der Waals surface area contributed by atoms with Crippen molar-refractivity contribution in [3.05, 3.63) is 35.4 Å². The summed E-state index contributed by atoms with van der Waals surface area (Å²) in [4.78, 5) is 0. The van der Waals surface area contributed by atoms with Crippen LogP contribution in [0.5, 0.6) is 0 Å². The number of piperidine rings is 1. The fourth-order valence-corrected chi connectivity index (χ4v) is 4.17. The molecule has 1 aromatic rings. The Kier molecular flexibility index (Phi) is 5.41. The quantitative estimate of drug-likeness (QED) is 0.838. The first kappa shape index (κ1) is 16.5. The standard InChI is InChI=1S/C16H26N2O2S/c1-14-7-4-5-9-16(14)11-10-15-8-6-12-18(13-15)21(19,20)17(2)3/h4-5,7,9,15H,6,8,10-13H2,1-3H3/t15-/m1/s1. The molecular weight excluding hydrogens is 284 g/mol. The summed E-state index contributed by atoms with van der Waals surface area (Å²) in [5, 5.41) is 0. The van der Waals surface area contributed by atoms with E-state index in [0.29, 0.717) is 19.0 Å². The van der Waals surface area contributed by atoms with Crippen LogP contribution in [-0.2, 0) is 16.6 Å². The van der Waals surface area contributed by atoms with Crippen molar-refractivity contribution in [2.45, 2.75) is 32.6 Å². The van der Waals surface area contributed by atoms with Gasteiger partial charge in [-0.1, -0.05) is 24.3 Å². The third kappa shape index (κ3) is 4.05. The normalized spacial score (nSPS) is 20.9. The second-order valence-corrected chi connectivity index (χ2v) is 8.26. The maximum absolute atomic E-state index is 12.2. The summed E-state index contributed by atoms with van der Waals surface area (Å²) in [5.74, 6) is 0.466. The topological polar surface area (TPSA) is 40.6 Å². The molecule has 1 aliphatic rings. The molecule has 5 heteroatoms. The Morgan fingerprint density at radius 2 is 2.00 bits per heavy atom. The van der Waals surface area contributed by atoms with E-state index in [1.807, 2.05) is 0 Å². The summed E-state index contributed by atoms with van der Waals surface area (Å²) in [7, 11) is -0.0504. The van der Waals surface area contributed by atoms with Gasteiger partial charge in [0, 0.05) is 27.2 Å². The summed E-state index contributed by atoms with van der Waals surface area (Å²) in [6.45, 7) is 3.45. The molecule has 0 saturated carbocycles. The van der Waals surface area contributed by atoms with Gasteiger partial charge in [-0.2, -0.15) is 17.0 Å². The summed E-state index contributed by atoms with van der Waals surface area (Å²) in [5.41, 5.74) is 2.70. The Morgan fingerprint density at radius 1 is 1.29 bits per heavy atom. The first-order valence-corrected chi connectivity index (χ1v) is 9.03. The van der Waals surface area contributed by atoms with Crippen LogP contribution in [0, 0.1) is 12.8 Å². The molecule has 0 radical (unpaired) electrons. The molecule has 1 saturated heterocycles. The van der Waals surface area contributed by atoms with Crippen molar-refractivity contribution < 1.29 is 8.42 Å². The third-order valence-electron chi connectivity index (χ3n) is 4.35. The van der Waals surface area contributed by atoms with Crippen molar-refractivity contribution in [2.75, 3.05) is 27.2 Å². The zero-order valence-corrected chi connectivity index (χ0v) is 14.1. The molecule has 4 nitrogen and oxygen atoms in total. The number of benzene rings is 1. The van der Waals surface area contributed by atoms with Crippen molar-refractivity contribution in [1.29, 1.82) is 0 Å². The predicted molar refractivity (Wildman–Crippen MR) is 86.4 cm³/mol. The lowest BCUT2D eigenvalue weighted by Gasteiger charge is -2.33. The second-order valence-electron chi connectivity index (χ2n) is 6.12. The van der Waals surface area contributed by atoms with Crippen LogP contribution < -0.4 is 0 Å². The summed E-state index contributed by atoms with van der Waals surface area (Å²) < 4.78 is 27.4. The molecule has 0 bridgehead atoms. The van der Waals surface area contributed by atoms with Gasteiger partial charge >= 0.3 is 0 Å². The van der Waals surface area contributed by atoms with Crippen molar-refractivity contribution >= 4 is 10.2 Å². The molecule has 0 N–H and O–H groups in total. The molecule has 1 fully saturated rings. The van der Waals surface area contributed by atoms with E-state index in [9.17, 15) is 8.42 Å². The fraction of sp³-hybridized carbons (Fsp3) is 0.625. The molecule has 118 valence electrons. The van der Waals surface area contributed by atoms with Gasteiger partial charge in [-0.25, -0.2) is 0 Å². The number of nitrogens with zero attached hydrogens (tertiary/aromatic N) is 2. The van der Waals surface area contributed by atoms with Gasteiger partial charge in [0.1, 0.15) is 0 Å². The highest BCUT2D eigenvalue weighted by Gasteiger charge is 2.30. The summed E-state index contributed by atoms with van der Waals surface area (Å²) >= 11 is 0. The van der Waals surface area contributed by atoms with E-state index in [1.165, 1.54) is 15.4 Å². The Balaban J connectivity index is 1.95. The average molecular weight is 310 g/mol. The van der Waals surface area contributed by atoms with Gasteiger partial charge in [-0.15, -0.1) is 0 Å². The number of hydrogen-bond acceptors (Lipinski definition) is 2. The van der Waals surface area contributed by atoms with Crippen LogP contribution in [0.1, 0.15) is 30.4 Å². The van der Waals surface area contributed by atoms with Crippen molar-refractivity contribution in [2.24, 2.45) is 5.92 Å². The summed E-state index contributed by atoms with van der Waals surface area (Å²) in [6.07, 6.45) is 4.19. The minimum Gasteiger partial charge on any atom is -0.195 e. The van der Waals surface area contributed by atoms with E-state index < -0.39 is 10.2 Å². The highest BCUT2D eigenvalue weighted by molar-refractivity contribution is 7.86. The van der Waals surface area contributed by atoms with Crippen LogP contribution >= 0.6 is 0 Å². The van der Waals surface area contributed by atoms with E-state index in [0.717, 1.165) is 25.7 Å². The molecule has 1 heterocycles. The van der Waals surface area contributed by atoms with E-state index in [-0.39, 0.29) is 0 Å². The molecular formula is C16H26N2O2S. The first-order chi connectivity index (χ1) is 9.91. The first-order valence-electron chi connectivity index (χ1n) is 7.63. The number of hydrogen-bond donors (Lipinski definition) is 0. The van der Waals surface area contributed by atoms with Gasteiger partial charge < -0.3 is 0 Å². The van der Waals surface area contributed by atoms with Gasteiger partial charge in [-0.3, -0.25) is 0 Å². The lowest BCUT2D eigenvalue weighted by Crippen LogP contribution is -2.45. The van der Waals surface area contributed by atoms with Crippen molar-refractivity contribution in [3.8, 4) is 0 Å². The molecule has 0 aromatic heterocycles. The van der Waals surface area contributed by atoms with Gasteiger partial charge in [-0.05, 0) is 49.7 Å². The molecule has 2 rings (SSSR count). The average Bonchev–Trinajstić information content (AvgIpc) is 2.46. The zero-order valence-electron chi connectivity index (χ0n) is 13.2. The Bertz CT molecular complexity index is 569. The smallest absolute Gasteiger partial charge is 0.195 e. The molecule has 1 atom stereocenters. The minimum absolute atomic E-state index is 0.466. The van der Waals surface area contributed by atoms with Gasteiger partial charge in [0.05, 0.1) is 0 Å². The molecule has 0 spiro atoms. The molecule has 0 unspecified atom stereocenters. The minimum atomic E-state index is -3.26. The lowest BCUT2D eigenvalue weighted by molar-refractivity contribution is 0.246. The van der Waals surface area contributed by atoms with Crippen LogP contribution in [0.3, 0.4) is 0 Å². The highest BCUT2D eigenvalue weighted by atomic mass is 32.2. The van der Waals surface area contributed by atoms with Crippen molar-refractivity contribution in [1.82, 2.24) is 8.61 Å². The molecule has 1 aromatic carbocycles. The van der Waals surface area contributed by atoms with Crippen LogP contribution in [0.2, 0.25) is 0 Å². The fourth-order valence-electron chi connectivity index (χ4n) is 2.95. The second kappa shape index (κ2) is 6.90. The molecule has 21 heavy (non-hydrogen) atoms. The van der Waals surface area contributed by atoms with E-state index in [2.05, 4.69) is 31.2 Å². The molecule has 0 amide bonds. The maximum atomic E-state index is 12.2. The number of aryl methyl sites for hydroxylation is 2. The summed E-state index contributed by atoms with van der Waals surface area (Å²) in [6, 6.07) is 8.45. The Labute approximate surface area is 128 Å². The Hall–Kier alpha value is -0.910. The number of rotatable bonds is 5. The largest absolute Gasteiger partial charge is 0.281 e. The predicted octanol–water partition coefficient (Wildman–Crippen LogP) is 2.45. The zero-order chi connectivity index (χ0) is 15.5. The monoisotopic (exact) mass is 310 g/mol. The molecule has 0 aliphatic carbocycles. The van der Waals surface area contributed by atoms with Crippen LogP contribution in [-0.4, -0.2) is 44.2 Å². The molecule has 1 aliphatic heterocycles. The van der Waals surface area contributed by atoms with E-state index >= 15 is 0 Å². The SMILES string of the molecule is Cc1ccccc1CC[C@H]1CCCN(S(=O)(=O)N(C)C)C1. The lowest BCUT2D eigenvalue weighted by atomic mass is 9.91. The van der Waals surface area contributed by atoms with Crippen molar-refractivity contribution in [3.63, 3.8) is 0 Å². The Morgan fingerprint density at radius 3 is 2.67 bits per heavy atom. The van der Waals surface area contributed by atoms with E-state index in [4.69, 9.17) is 0 Å². The third-order valence-corrected chi connectivity index (χ3v) is 6.26. The van der Waals surface area contributed by atoms with Crippen LogP contribution in [0.4, 0.5) is 0 Å². The van der Waals surface area contributed by atoms with E-state index in [1.54, 1.807) is 18.4 Å². The maximum Gasteiger partial charge on any atom is 0.281 e. The van der Waals surface area contributed by atoms with Gasteiger partial charge in [0.25, 0.3) is 10.2 Å². The highest BCUT2D eigenvalue weighted by Crippen LogP contribution is 2.24. The van der Waals surface area contributed by atoms with Gasteiger partial charge in [0.2, 0.25) is 0 Å².